The largest absolute Gasteiger partial charge is 0.394 e. The summed E-state index contributed by atoms with van der Waals surface area (Å²) in [4.78, 5) is 31.1. The van der Waals surface area contributed by atoms with Crippen LogP contribution in [0, 0.1) is 0 Å². The number of amidine groups is 1. The molecule has 31 heavy (non-hydrogen) atoms. The van der Waals surface area contributed by atoms with Crippen molar-refractivity contribution in [2.24, 2.45) is 10.7 Å². The zero-order valence-corrected chi connectivity index (χ0v) is 17.8. The molecule has 0 fully saturated rings. The fourth-order valence-corrected chi connectivity index (χ4v) is 4.26. The van der Waals surface area contributed by atoms with Gasteiger partial charge in [-0.3, -0.25) is 19.0 Å². The fourth-order valence-electron chi connectivity index (χ4n) is 3.50. The molecular formula is C22H23N5O3S. The zero-order valence-electron chi connectivity index (χ0n) is 17.0. The lowest BCUT2D eigenvalue weighted by atomic mass is 10.1. The van der Waals surface area contributed by atoms with E-state index in [-0.39, 0.29) is 29.5 Å². The number of aliphatic hydroxyl groups excluding tert-OH is 1. The third-order valence-corrected chi connectivity index (χ3v) is 5.90. The summed E-state index contributed by atoms with van der Waals surface area (Å²) in [5.74, 6) is 0.0175. The van der Waals surface area contributed by atoms with Gasteiger partial charge in [-0.05, 0) is 60.8 Å². The molecule has 0 radical (unpaired) electrons. The number of aromatic amines is 1. The van der Waals surface area contributed by atoms with Gasteiger partial charge in [0.2, 0.25) is 0 Å². The SMILES string of the molecule is CC(CO)N=C(N)c1c(Nc2ccc(C(=O)N3CCc4ccccc43)cc2)s[nH]c1=O. The number of aliphatic imine (C=N–C) groups is 1. The van der Waals surface area contributed by atoms with Gasteiger partial charge in [-0.15, -0.1) is 0 Å². The fraction of sp³-hybridized carbons (Fsp3) is 0.227. The molecule has 3 aromatic rings. The van der Waals surface area contributed by atoms with Gasteiger partial charge in [-0.1, -0.05) is 18.2 Å². The second kappa shape index (κ2) is 8.75. The minimum Gasteiger partial charge on any atom is -0.394 e. The van der Waals surface area contributed by atoms with Crippen molar-refractivity contribution in [1.29, 1.82) is 0 Å². The van der Waals surface area contributed by atoms with Gasteiger partial charge >= 0.3 is 0 Å². The van der Waals surface area contributed by atoms with Crippen LogP contribution in [0.15, 0.2) is 58.3 Å². The van der Waals surface area contributed by atoms with Gasteiger partial charge in [0, 0.05) is 23.5 Å². The van der Waals surface area contributed by atoms with Crippen LogP contribution in [0.3, 0.4) is 0 Å². The topological polar surface area (TPSA) is 124 Å². The molecule has 5 N–H and O–H groups in total. The molecule has 9 heteroatoms. The molecule has 1 aliphatic heterocycles. The first kappa shape index (κ1) is 20.8. The molecule has 0 saturated carbocycles. The first-order valence-electron chi connectivity index (χ1n) is 9.90. The second-order valence-electron chi connectivity index (χ2n) is 7.32. The van der Waals surface area contributed by atoms with E-state index in [1.54, 1.807) is 36.1 Å². The maximum absolute atomic E-state index is 13.0. The number of aromatic nitrogens is 1. The van der Waals surface area contributed by atoms with Gasteiger partial charge in [0.25, 0.3) is 11.5 Å². The molecule has 0 aliphatic carbocycles. The molecule has 1 atom stereocenters. The van der Waals surface area contributed by atoms with E-state index in [1.807, 2.05) is 24.3 Å². The third kappa shape index (κ3) is 4.23. The number of amides is 1. The minimum absolute atomic E-state index is 0.0436. The average molecular weight is 438 g/mol. The van der Waals surface area contributed by atoms with Gasteiger partial charge in [0.1, 0.15) is 16.4 Å². The lowest BCUT2D eigenvalue weighted by Crippen LogP contribution is -2.28. The number of benzene rings is 2. The lowest BCUT2D eigenvalue weighted by molar-refractivity contribution is 0.0989. The number of anilines is 3. The van der Waals surface area contributed by atoms with Crippen LogP contribution in [-0.4, -0.2) is 40.4 Å². The van der Waals surface area contributed by atoms with E-state index in [1.165, 1.54) is 5.56 Å². The summed E-state index contributed by atoms with van der Waals surface area (Å²) < 4.78 is 2.65. The highest BCUT2D eigenvalue weighted by Gasteiger charge is 2.25. The second-order valence-corrected chi connectivity index (χ2v) is 8.14. The molecule has 2 heterocycles. The molecule has 1 amide bonds. The van der Waals surface area contributed by atoms with Crippen molar-refractivity contribution in [2.45, 2.75) is 19.4 Å². The number of nitrogens with one attached hydrogen (secondary N) is 2. The number of para-hydroxylation sites is 1. The Labute approximate surface area is 183 Å². The average Bonchev–Trinajstić information content (AvgIpc) is 3.37. The maximum atomic E-state index is 13.0. The zero-order chi connectivity index (χ0) is 22.0. The van der Waals surface area contributed by atoms with Crippen LogP contribution in [0.2, 0.25) is 0 Å². The normalized spacial score (nSPS) is 14.4. The van der Waals surface area contributed by atoms with Gasteiger partial charge in [0.05, 0.1) is 12.6 Å². The van der Waals surface area contributed by atoms with E-state index >= 15 is 0 Å². The third-order valence-electron chi connectivity index (χ3n) is 5.10. The Morgan fingerprint density at radius 3 is 2.77 bits per heavy atom. The summed E-state index contributed by atoms with van der Waals surface area (Å²) in [6.45, 7) is 2.21. The Morgan fingerprint density at radius 2 is 2.03 bits per heavy atom. The number of nitrogens with two attached hydrogens (primary N) is 1. The molecule has 8 nitrogen and oxygen atoms in total. The van der Waals surface area contributed by atoms with Crippen molar-refractivity contribution in [3.8, 4) is 0 Å². The molecule has 4 rings (SSSR count). The molecule has 0 bridgehead atoms. The lowest BCUT2D eigenvalue weighted by Gasteiger charge is -2.17. The number of fused-ring (bicyclic) bond motifs is 1. The van der Waals surface area contributed by atoms with E-state index in [4.69, 9.17) is 10.8 Å². The van der Waals surface area contributed by atoms with Crippen LogP contribution in [0.4, 0.5) is 16.4 Å². The highest BCUT2D eigenvalue weighted by molar-refractivity contribution is 7.10. The Hall–Kier alpha value is -3.43. The molecule has 160 valence electrons. The van der Waals surface area contributed by atoms with Crippen LogP contribution in [0.1, 0.15) is 28.4 Å². The molecule has 2 aromatic carbocycles. The summed E-state index contributed by atoms with van der Waals surface area (Å²) in [6.07, 6.45) is 0.856. The van der Waals surface area contributed by atoms with E-state index in [0.29, 0.717) is 22.8 Å². The van der Waals surface area contributed by atoms with Gasteiger partial charge in [-0.2, -0.15) is 0 Å². The quantitative estimate of drug-likeness (QED) is 0.348. The van der Waals surface area contributed by atoms with Gasteiger partial charge in [-0.25, -0.2) is 0 Å². The first-order valence-corrected chi connectivity index (χ1v) is 10.7. The highest BCUT2D eigenvalue weighted by Crippen LogP contribution is 2.29. The smallest absolute Gasteiger partial charge is 0.271 e. The first-order chi connectivity index (χ1) is 15.0. The molecule has 1 unspecified atom stereocenters. The van der Waals surface area contributed by atoms with E-state index in [0.717, 1.165) is 23.6 Å². The van der Waals surface area contributed by atoms with Crippen LogP contribution >= 0.6 is 11.5 Å². The van der Waals surface area contributed by atoms with Crippen molar-refractivity contribution >= 4 is 39.7 Å². The summed E-state index contributed by atoms with van der Waals surface area (Å²) in [6, 6.07) is 14.6. The summed E-state index contributed by atoms with van der Waals surface area (Å²) in [5, 5.41) is 12.8. The number of aliphatic hydroxyl groups is 1. The predicted molar refractivity (Wildman–Crippen MR) is 124 cm³/mol. The predicted octanol–water partition coefficient (Wildman–Crippen LogP) is 2.47. The molecule has 1 aromatic heterocycles. The van der Waals surface area contributed by atoms with Crippen LogP contribution in [0.5, 0.6) is 0 Å². The van der Waals surface area contributed by atoms with E-state index < -0.39 is 6.04 Å². The van der Waals surface area contributed by atoms with Crippen molar-refractivity contribution in [3.63, 3.8) is 0 Å². The number of rotatable bonds is 6. The number of H-pyrrole nitrogens is 1. The van der Waals surface area contributed by atoms with Crippen molar-refractivity contribution in [3.05, 3.63) is 75.6 Å². The molecule has 0 saturated heterocycles. The Morgan fingerprint density at radius 1 is 1.29 bits per heavy atom. The molecule has 1 aliphatic rings. The number of hydrogen-bond donors (Lipinski definition) is 4. The number of hydrogen-bond acceptors (Lipinski definition) is 6. The van der Waals surface area contributed by atoms with Crippen molar-refractivity contribution in [1.82, 2.24) is 4.37 Å². The summed E-state index contributed by atoms with van der Waals surface area (Å²) in [7, 11) is 0. The van der Waals surface area contributed by atoms with Crippen molar-refractivity contribution in [2.75, 3.05) is 23.4 Å². The van der Waals surface area contributed by atoms with Crippen molar-refractivity contribution < 1.29 is 9.90 Å². The van der Waals surface area contributed by atoms with Gasteiger partial charge in [0.15, 0.2) is 0 Å². The highest BCUT2D eigenvalue weighted by atomic mass is 32.1. The summed E-state index contributed by atoms with van der Waals surface area (Å²) >= 11 is 1.11. The summed E-state index contributed by atoms with van der Waals surface area (Å²) in [5.41, 5.74) is 9.30. The number of carbonyl (C=O) groups excluding carboxylic acids is 1. The van der Waals surface area contributed by atoms with Crippen LogP contribution in [0.25, 0.3) is 0 Å². The Bertz CT molecular complexity index is 1180. The number of nitrogens with zero attached hydrogens (tertiary/aromatic N) is 2. The molecular weight excluding hydrogens is 414 g/mol. The number of carbonyl (C=O) groups is 1. The minimum atomic E-state index is -0.409. The monoisotopic (exact) mass is 437 g/mol. The van der Waals surface area contributed by atoms with E-state index in [9.17, 15) is 9.59 Å². The Kier molecular flexibility index (Phi) is 5.88. The maximum Gasteiger partial charge on any atom is 0.271 e. The van der Waals surface area contributed by atoms with Crippen LogP contribution in [-0.2, 0) is 6.42 Å². The van der Waals surface area contributed by atoms with Gasteiger partial charge < -0.3 is 21.1 Å². The van der Waals surface area contributed by atoms with E-state index in [2.05, 4.69) is 14.7 Å². The standard InChI is InChI=1S/C22H23N5O3S/c1-13(12-28)24-19(23)18-20(29)26-31-21(18)25-16-8-6-15(7-9-16)22(30)27-11-10-14-4-2-3-5-17(14)27/h2-9,13,25,28H,10-12H2,1H3,(H2,23,24)(H,26,29). The van der Waals surface area contributed by atoms with Crippen LogP contribution < -0.4 is 21.5 Å². The molecule has 0 spiro atoms. The Balaban J connectivity index is 1.52.